The van der Waals surface area contributed by atoms with Gasteiger partial charge in [-0.2, -0.15) is 10.2 Å². The minimum absolute atomic E-state index is 0.245. The van der Waals surface area contributed by atoms with Gasteiger partial charge in [-0.1, -0.05) is 31.0 Å². The molecule has 1 atom stereocenters. The van der Waals surface area contributed by atoms with Gasteiger partial charge in [0.1, 0.15) is 5.75 Å². The average molecular weight is 282 g/mol. The number of azo groups is 1. The third-order valence-corrected chi connectivity index (χ3v) is 3.18. The van der Waals surface area contributed by atoms with Crippen LogP contribution < -0.4 is 4.74 Å². The molecule has 0 aliphatic heterocycles. The van der Waals surface area contributed by atoms with Crippen LogP contribution in [0, 0.1) is 6.92 Å². The molecule has 1 unspecified atom stereocenters. The lowest BCUT2D eigenvalue weighted by Crippen LogP contribution is -2.10. The third kappa shape index (κ3) is 5.03. The maximum absolute atomic E-state index is 5.81. The summed E-state index contributed by atoms with van der Waals surface area (Å²) in [6, 6.07) is 15.7. The molecule has 0 N–H and O–H groups in total. The molecule has 110 valence electrons. The van der Waals surface area contributed by atoms with E-state index in [0.717, 1.165) is 30.0 Å². The number of aryl methyl sites for hydroxylation is 1. The van der Waals surface area contributed by atoms with E-state index in [1.165, 1.54) is 5.56 Å². The van der Waals surface area contributed by atoms with Gasteiger partial charge in [0.25, 0.3) is 0 Å². The molecule has 3 nitrogen and oxygen atoms in total. The van der Waals surface area contributed by atoms with E-state index >= 15 is 0 Å². The maximum atomic E-state index is 5.81. The predicted octanol–water partition coefficient (Wildman–Crippen LogP) is 5.98. The Hall–Kier alpha value is -2.16. The second-order valence-corrected chi connectivity index (χ2v) is 5.25. The molecule has 0 aliphatic carbocycles. The molecule has 2 rings (SSSR count). The van der Waals surface area contributed by atoms with Crippen LogP contribution in [0.15, 0.2) is 58.8 Å². The Labute approximate surface area is 126 Å². The van der Waals surface area contributed by atoms with E-state index in [-0.39, 0.29) is 6.10 Å². The van der Waals surface area contributed by atoms with Crippen molar-refractivity contribution in [2.75, 3.05) is 0 Å². The fraction of sp³-hybridized carbons (Fsp3) is 0.333. The van der Waals surface area contributed by atoms with E-state index in [1.54, 1.807) is 0 Å². The molecule has 0 aliphatic rings. The fourth-order valence-corrected chi connectivity index (χ4v) is 2.02. The zero-order chi connectivity index (χ0) is 15.1. The molecular weight excluding hydrogens is 260 g/mol. The molecule has 0 heterocycles. The Balaban J connectivity index is 1.97. The van der Waals surface area contributed by atoms with Gasteiger partial charge in [-0.3, -0.25) is 0 Å². The van der Waals surface area contributed by atoms with E-state index in [2.05, 4.69) is 31.0 Å². The van der Waals surface area contributed by atoms with E-state index in [9.17, 15) is 0 Å². The van der Waals surface area contributed by atoms with Crippen molar-refractivity contribution in [2.24, 2.45) is 10.2 Å². The minimum atomic E-state index is 0.245. The molecule has 2 aromatic rings. The van der Waals surface area contributed by atoms with Gasteiger partial charge in [-0.05, 0) is 56.7 Å². The van der Waals surface area contributed by atoms with Crippen LogP contribution in [0.3, 0.4) is 0 Å². The molecule has 0 amide bonds. The Morgan fingerprint density at radius 1 is 0.905 bits per heavy atom. The topological polar surface area (TPSA) is 34.0 Å². The molecule has 0 aromatic heterocycles. The highest BCUT2D eigenvalue weighted by Crippen LogP contribution is 2.22. The largest absolute Gasteiger partial charge is 0.491 e. The van der Waals surface area contributed by atoms with E-state index < -0.39 is 0 Å². The molecule has 0 bridgehead atoms. The number of nitrogens with zero attached hydrogens (tertiary/aromatic N) is 2. The van der Waals surface area contributed by atoms with Crippen molar-refractivity contribution in [3.63, 3.8) is 0 Å². The summed E-state index contributed by atoms with van der Waals surface area (Å²) in [6.45, 7) is 6.31. The first kappa shape index (κ1) is 15.2. The zero-order valence-corrected chi connectivity index (χ0v) is 12.9. The van der Waals surface area contributed by atoms with Gasteiger partial charge in [0.05, 0.1) is 17.5 Å². The molecule has 0 saturated carbocycles. The standard InChI is InChI=1S/C18H22N2O/c1-4-5-15(3)21-18-12-10-17(11-13-18)20-19-16-8-6-14(2)7-9-16/h6-13,15H,4-5H2,1-3H3. The second-order valence-electron chi connectivity index (χ2n) is 5.25. The highest BCUT2D eigenvalue weighted by molar-refractivity contribution is 5.43. The van der Waals surface area contributed by atoms with Crippen molar-refractivity contribution in [3.8, 4) is 5.75 Å². The van der Waals surface area contributed by atoms with Gasteiger partial charge >= 0.3 is 0 Å². The molecular formula is C18H22N2O. The summed E-state index contributed by atoms with van der Waals surface area (Å²) in [7, 11) is 0. The monoisotopic (exact) mass is 282 g/mol. The van der Waals surface area contributed by atoms with E-state index in [0.29, 0.717) is 0 Å². The molecule has 0 spiro atoms. The number of benzene rings is 2. The van der Waals surface area contributed by atoms with Crippen molar-refractivity contribution >= 4 is 11.4 Å². The second kappa shape index (κ2) is 7.58. The van der Waals surface area contributed by atoms with Crippen LogP contribution in [-0.4, -0.2) is 6.10 Å². The first-order valence-corrected chi connectivity index (χ1v) is 7.42. The molecule has 0 fully saturated rings. The van der Waals surface area contributed by atoms with Crippen molar-refractivity contribution in [2.45, 2.75) is 39.7 Å². The summed E-state index contributed by atoms with van der Waals surface area (Å²) in [5.74, 6) is 0.880. The van der Waals surface area contributed by atoms with Crippen LogP contribution in [0.2, 0.25) is 0 Å². The van der Waals surface area contributed by atoms with Crippen molar-refractivity contribution in [3.05, 3.63) is 54.1 Å². The number of hydrogen-bond donors (Lipinski definition) is 0. The summed E-state index contributed by atoms with van der Waals surface area (Å²) >= 11 is 0. The van der Waals surface area contributed by atoms with E-state index in [4.69, 9.17) is 4.74 Å². The summed E-state index contributed by atoms with van der Waals surface area (Å²) in [5.41, 5.74) is 2.90. The summed E-state index contributed by atoms with van der Waals surface area (Å²) in [5, 5.41) is 8.45. The van der Waals surface area contributed by atoms with Gasteiger partial charge in [-0.15, -0.1) is 0 Å². The van der Waals surface area contributed by atoms with Crippen LogP contribution in [0.5, 0.6) is 5.75 Å². The SMILES string of the molecule is CCCC(C)Oc1ccc(N=Nc2ccc(C)cc2)cc1. The quantitative estimate of drug-likeness (QED) is 0.600. The van der Waals surface area contributed by atoms with Gasteiger partial charge in [0, 0.05) is 0 Å². The van der Waals surface area contributed by atoms with Gasteiger partial charge < -0.3 is 4.74 Å². The Morgan fingerprint density at radius 2 is 1.43 bits per heavy atom. The molecule has 2 aromatic carbocycles. The van der Waals surface area contributed by atoms with Crippen LogP contribution in [0.1, 0.15) is 32.3 Å². The van der Waals surface area contributed by atoms with Crippen LogP contribution in [0.4, 0.5) is 11.4 Å². The normalized spacial score (nSPS) is 12.5. The van der Waals surface area contributed by atoms with Crippen LogP contribution >= 0.6 is 0 Å². The van der Waals surface area contributed by atoms with Crippen molar-refractivity contribution < 1.29 is 4.74 Å². The van der Waals surface area contributed by atoms with Crippen molar-refractivity contribution in [1.82, 2.24) is 0 Å². The maximum Gasteiger partial charge on any atom is 0.119 e. The van der Waals surface area contributed by atoms with Gasteiger partial charge in [0.15, 0.2) is 0 Å². The highest BCUT2D eigenvalue weighted by atomic mass is 16.5. The molecule has 21 heavy (non-hydrogen) atoms. The van der Waals surface area contributed by atoms with Crippen LogP contribution in [0.25, 0.3) is 0 Å². The Morgan fingerprint density at radius 3 is 1.95 bits per heavy atom. The summed E-state index contributed by atoms with van der Waals surface area (Å²) < 4.78 is 5.81. The summed E-state index contributed by atoms with van der Waals surface area (Å²) in [4.78, 5) is 0. The molecule has 3 heteroatoms. The van der Waals surface area contributed by atoms with E-state index in [1.807, 2.05) is 48.5 Å². The average Bonchev–Trinajstić information content (AvgIpc) is 2.48. The number of rotatable bonds is 6. The zero-order valence-electron chi connectivity index (χ0n) is 12.9. The van der Waals surface area contributed by atoms with Crippen molar-refractivity contribution in [1.29, 1.82) is 0 Å². The van der Waals surface area contributed by atoms with Gasteiger partial charge in [-0.25, -0.2) is 0 Å². The lowest BCUT2D eigenvalue weighted by molar-refractivity contribution is 0.210. The minimum Gasteiger partial charge on any atom is -0.491 e. The Bertz CT molecular complexity index is 573. The lowest BCUT2D eigenvalue weighted by atomic mass is 10.2. The highest BCUT2D eigenvalue weighted by Gasteiger charge is 2.02. The first-order valence-electron chi connectivity index (χ1n) is 7.42. The number of hydrogen-bond acceptors (Lipinski definition) is 3. The van der Waals surface area contributed by atoms with Gasteiger partial charge in [0.2, 0.25) is 0 Å². The molecule has 0 radical (unpaired) electrons. The molecule has 0 saturated heterocycles. The smallest absolute Gasteiger partial charge is 0.119 e. The summed E-state index contributed by atoms with van der Waals surface area (Å²) in [6.07, 6.45) is 2.44. The van der Waals surface area contributed by atoms with Crippen LogP contribution in [-0.2, 0) is 0 Å². The third-order valence-electron chi connectivity index (χ3n) is 3.18. The predicted molar refractivity (Wildman–Crippen MR) is 86.8 cm³/mol. The fourth-order valence-electron chi connectivity index (χ4n) is 2.02. The number of ether oxygens (including phenoxy) is 1. The lowest BCUT2D eigenvalue weighted by Gasteiger charge is -2.13. The Kier molecular flexibility index (Phi) is 5.50. The first-order chi connectivity index (χ1) is 10.2.